The molecule has 0 saturated carbocycles. The van der Waals surface area contributed by atoms with Crippen LogP contribution in [0.1, 0.15) is 5.56 Å². The van der Waals surface area contributed by atoms with E-state index in [1.807, 2.05) is 35.2 Å². The Balaban J connectivity index is 2.08. The predicted octanol–water partition coefficient (Wildman–Crippen LogP) is -0.347. The standard InChI is InChI=1S/C13H19N3O2/c14-10-7-16(8-11(10)15)12(13(17)18)6-9-4-2-1-3-5-9/h1-5,10-12H,6-8,14-15H2,(H,17,18)/t10-,11+,12-/m0/s1. The van der Waals surface area contributed by atoms with Crippen molar-refractivity contribution in [3.8, 4) is 0 Å². The third kappa shape index (κ3) is 2.87. The molecule has 0 spiro atoms. The molecule has 0 amide bonds. The molecule has 18 heavy (non-hydrogen) atoms. The van der Waals surface area contributed by atoms with Gasteiger partial charge in [-0.3, -0.25) is 9.69 Å². The average molecular weight is 249 g/mol. The molecule has 1 saturated heterocycles. The number of rotatable bonds is 4. The van der Waals surface area contributed by atoms with Crippen LogP contribution in [0.15, 0.2) is 30.3 Å². The third-order valence-corrected chi connectivity index (χ3v) is 3.44. The van der Waals surface area contributed by atoms with Crippen molar-refractivity contribution in [3.63, 3.8) is 0 Å². The lowest BCUT2D eigenvalue weighted by Crippen LogP contribution is -2.42. The SMILES string of the molecule is N[C@@H]1CN([C@@H](Cc2ccccc2)C(=O)O)C[C@@H]1N. The lowest BCUT2D eigenvalue weighted by molar-refractivity contribution is -0.142. The van der Waals surface area contributed by atoms with Gasteiger partial charge in [0.2, 0.25) is 0 Å². The first-order valence-electron chi connectivity index (χ1n) is 6.10. The number of likely N-dealkylation sites (tertiary alicyclic amines) is 1. The summed E-state index contributed by atoms with van der Waals surface area (Å²) in [7, 11) is 0. The van der Waals surface area contributed by atoms with Gasteiger partial charge in [0.05, 0.1) is 0 Å². The molecule has 0 aromatic heterocycles. The number of hydrogen-bond donors (Lipinski definition) is 3. The first-order chi connectivity index (χ1) is 8.58. The van der Waals surface area contributed by atoms with E-state index in [1.165, 1.54) is 0 Å². The summed E-state index contributed by atoms with van der Waals surface area (Å²) in [5.41, 5.74) is 12.7. The molecule has 5 nitrogen and oxygen atoms in total. The van der Waals surface area contributed by atoms with E-state index in [1.54, 1.807) is 0 Å². The highest BCUT2D eigenvalue weighted by Crippen LogP contribution is 2.15. The molecule has 5 N–H and O–H groups in total. The van der Waals surface area contributed by atoms with Crippen LogP contribution in [-0.2, 0) is 11.2 Å². The fourth-order valence-corrected chi connectivity index (χ4v) is 2.35. The maximum atomic E-state index is 11.4. The maximum Gasteiger partial charge on any atom is 0.321 e. The second kappa shape index (κ2) is 5.48. The Labute approximate surface area is 106 Å². The van der Waals surface area contributed by atoms with Crippen LogP contribution in [0.4, 0.5) is 0 Å². The number of aliphatic carboxylic acids is 1. The van der Waals surface area contributed by atoms with E-state index in [0.29, 0.717) is 19.5 Å². The largest absolute Gasteiger partial charge is 0.480 e. The van der Waals surface area contributed by atoms with Crippen LogP contribution in [-0.4, -0.2) is 47.2 Å². The van der Waals surface area contributed by atoms with Gasteiger partial charge in [-0.2, -0.15) is 0 Å². The number of carbonyl (C=O) groups is 1. The summed E-state index contributed by atoms with van der Waals surface area (Å²) in [6.45, 7) is 1.09. The molecule has 1 aliphatic rings. The molecule has 0 unspecified atom stereocenters. The van der Waals surface area contributed by atoms with Gasteiger partial charge in [-0.15, -0.1) is 0 Å². The Hall–Kier alpha value is -1.43. The van der Waals surface area contributed by atoms with Gasteiger partial charge in [0, 0.05) is 25.2 Å². The molecule has 98 valence electrons. The summed E-state index contributed by atoms with van der Waals surface area (Å²) in [5.74, 6) is -0.819. The van der Waals surface area contributed by atoms with Crippen molar-refractivity contribution in [2.24, 2.45) is 11.5 Å². The summed E-state index contributed by atoms with van der Waals surface area (Å²) < 4.78 is 0. The van der Waals surface area contributed by atoms with Crippen molar-refractivity contribution in [1.29, 1.82) is 0 Å². The zero-order valence-electron chi connectivity index (χ0n) is 10.2. The minimum absolute atomic E-state index is 0.136. The Kier molecular flexibility index (Phi) is 3.96. The quantitative estimate of drug-likeness (QED) is 0.678. The second-order valence-electron chi connectivity index (χ2n) is 4.83. The smallest absolute Gasteiger partial charge is 0.321 e. The monoisotopic (exact) mass is 249 g/mol. The predicted molar refractivity (Wildman–Crippen MR) is 69.1 cm³/mol. The van der Waals surface area contributed by atoms with Crippen molar-refractivity contribution >= 4 is 5.97 Å². The van der Waals surface area contributed by atoms with Crippen molar-refractivity contribution in [3.05, 3.63) is 35.9 Å². The van der Waals surface area contributed by atoms with Crippen LogP contribution in [0, 0.1) is 0 Å². The lowest BCUT2D eigenvalue weighted by atomic mass is 10.1. The molecule has 1 heterocycles. The van der Waals surface area contributed by atoms with Crippen molar-refractivity contribution < 1.29 is 9.90 Å². The zero-order chi connectivity index (χ0) is 13.1. The first kappa shape index (κ1) is 13.0. The topological polar surface area (TPSA) is 92.6 Å². The van der Waals surface area contributed by atoms with Gasteiger partial charge in [-0.1, -0.05) is 30.3 Å². The summed E-state index contributed by atoms with van der Waals surface area (Å²) in [4.78, 5) is 13.2. The third-order valence-electron chi connectivity index (χ3n) is 3.44. The number of carboxylic acid groups (broad SMARTS) is 1. The van der Waals surface area contributed by atoms with Gasteiger partial charge in [0.1, 0.15) is 6.04 Å². The fraction of sp³-hybridized carbons (Fsp3) is 0.462. The van der Waals surface area contributed by atoms with Crippen molar-refractivity contribution in [2.45, 2.75) is 24.5 Å². The molecule has 1 fully saturated rings. The van der Waals surface area contributed by atoms with E-state index in [9.17, 15) is 9.90 Å². The Bertz CT molecular complexity index is 400. The number of benzene rings is 1. The normalized spacial score (nSPS) is 26.1. The zero-order valence-corrected chi connectivity index (χ0v) is 10.2. The Morgan fingerprint density at radius 1 is 1.28 bits per heavy atom. The van der Waals surface area contributed by atoms with Gasteiger partial charge in [-0.05, 0) is 12.0 Å². The van der Waals surface area contributed by atoms with Crippen LogP contribution in [0.2, 0.25) is 0 Å². The molecule has 1 aromatic carbocycles. The van der Waals surface area contributed by atoms with E-state index < -0.39 is 12.0 Å². The summed E-state index contributed by atoms with van der Waals surface area (Å²) in [6, 6.07) is 8.79. The van der Waals surface area contributed by atoms with E-state index in [4.69, 9.17) is 11.5 Å². The molecule has 0 aliphatic carbocycles. The van der Waals surface area contributed by atoms with Crippen LogP contribution in [0.5, 0.6) is 0 Å². The number of nitrogens with two attached hydrogens (primary N) is 2. The van der Waals surface area contributed by atoms with Gasteiger partial charge < -0.3 is 16.6 Å². The molecule has 1 aromatic rings. The summed E-state index contributed by atoms with van der Waals surface area (Å²) in [5, 5.41) is 9.34. The van der Waals surface area contributed by atoms with Crippen molar-refractivity contribution in [2.75, 3.05) is 13.1 Å². The maximum absolute atomic E-state index is 11.4. The molecular formula is C13H19N3O2. The summed E-state index contributed by atoms with van der Waals surface area (Å²) in [6.07, 6.45) is 0.482. The van der Waals surface area contributed by atoms with E-state index in [2.05, 4.69) is 0 Å². The van der Waals surface area contributed by atoms with Gasteiger partial charge in [-0.25, -0.2) is 0 Å². The second-order valence-corrected chi connectivity index (χ2v) is 4.83. The number of hydrogen-bond acceptors (Lipinski definition) is 4. The van der Waals surface area contributed by atoms with Gasteiger partial charge in [0.25, 0.3) is 0 Å². The molecule has 0 radical (unpaired) electrons. The molecule has 1 aliphatic heterocycles. The van der Waals surface area contributed by atoms with Crippen LogP contribution in [0.25, 0.3) is 0 Å². The molecule has 3 atom stereocenters. The fourth-order valence-electron chi connectivity index (χ4n) is 2.35. The van der Waals surface area contributed by atoms with Crippen molar-refractivity contribution in [1.82, 2.24) is 4.90 Å². The highest BCUT2D eigenvalue weighted by Gasteiger charge is 2.35. The summed E-state index contributed by atoms with van der Waals surface area (Å²) >= 11 is 0. The molecular weight excluding hydrogens is 230 g/mol. The minimum Gasteiger partial charge on any atom is -0.480 e. The van der Waals surface area contributed by atoms with E-state index in [0.717, 1.165) is 5.56 Å². The minimum atomic E-state index is -0.819. The Morgan fingerprint density at radius 3 is 2.33 bits per heavy atom. The van der Waals surface area contributed by atoms with Crippen LogP contribution in [0.3, 0.4) is 0 Å². The highest BCUT2D eigenvalue weighted by molar-refractivity contribution is 5.74. The van der Waals surface area contributed by atoms with Gasteiger partial charge in [0.15, 0.2) is 0 Å². The molecule has 0 bridgehead atoms. The average Bonchev–Trinajstić information content (AvgIpc) is 2.67. The highest BCUT2D eigenvalue weighted by atomic mass is 16.4. The molecule has 5 heteroatoms. The first-order valence-corrected chi connectivity index (χ1v) is 6.10. The lowest BCUT2D eigenvalue weighted by Gasteiger charge is -2.24. The van der Waals surface area contributed by atoms with Crippen LogP contribution < -0.4 is 11.5 Å². The number of carboxylic acids is 1. The Morgan fingerprint density at radius 2 is 1.83 bits per heavy atom. The van der Waals surface area contributed by atoms with Crippen LogP contribution >= 0.6 is 0 Å². The van der Waals surface area contributed by atoms with E-state index >= 15 is 0 Å². The number of nitrogens with zero attached hydrogens (tertiary/aromatic N) is 1. The molecule has 2 rings (SSSR count). The van der Waals surface area contributed by atoms with Gasteiger partial charge >= 0.3 is 5.97 Å². The van der Waals surface area contributed by atoms with E-state index in [-0.39, 0.29) is 12.1 Å².